The highest BCUT2D eigenvalue weighted by Crippen LogP contribution is 2.67. The van der Waals surface area contributed by atoms with Crippen molar-refractivity contribution in [2.24, 2.45) is 5.92 Å². The molecule has 0 spiro atoms. The summed E-state index contributed by atoms with van der Waals surface area (Å²) in [6.45, 7) is 5.12. The molecule has 0 aliphatic carbocycles. The van der Waals surface area contributed by atoms with Crippen LogP contribution in [0.1, 0.15) is 20.8 Å². The number of nitrogen functional groups attached to an aromatic ring is 1. The van der Waals surface area contributed by atoms with Gasteiger partial charge in [0.05, 0.1) is 30.5 Å². The minimum atomic E-state index is -5.84. The fourth-order valence-electron chi connectivity index (χ4n) is 3.82. The zero-order chi connectivity index (χ0) is 32.4. The van der Waals surface area contributed by atoms with Crippen LogP contribution in [0.15, 0.2) is 40.5 Å². The van der Waals surface area contributed by atoms with Crippen LogP contribution in [0.5, 0.6) is 5.75 Å². The molecule has 0 fully saturated rings. The first-order valence-corrected chi connectivity index (χ1v) is 17.1. The van der Waals surface area contributed by atoms with E-state index in [-0.39, 0.29) is 23.0 Å². The Morgan fingerprint density at radius 1 is 1.00 bits per heavy atom. The molecule has 2 heterocycles. The Balaban J connectivity index is 1.91. The summed E-state index contributed by atoms with van der Waals surface area (Å²) >= 11 is 1.15. The van der Waals surface area contributed by atoms with Crippen LogP contribution in [-0.4, -0.2) is 72.3 Å². The number of aromatic nitrogens is 4. The van der Waals surface area contributed by atoms with E-state index in [0.29, 0.717) is 22.3 Å². The third-order valence-corrected chi connectivity index (χ3v) is 11.8. The van der Waals surface area contributed by atoms with E-state index in [0.717, 1.165) is 18.7 Å². The molecule has 4 N–H and O–H groups in total. The summed E-state index contributed by atoms with van der Waals surface area (Å²) in [7, 11) is -11.7. The van der Waals surface area contributed by atoms with Gasteiger partial charge in [0, 0.05) is 0 Å². The van der Waals surface area contributed by atoms with E-state index in [4.69, 9.17) is 15.2 Å². The van der Waals surface area contributed by atoms with Gasteiger partial charge in [-0.2, -0.15) is 31.3 Å². The number of benzene rings is 1. The van der Waals surface area contributed by atoms with Gasteiger partial charge in [0.15, 0.2) is 5.65 Å². The number of ether oxygens (including phenoxy) is 2. The molecule has 3 aromatic rings. The van der Waals surface area contributed by atoms with Crippen molar-refractivity contribution in [2.75, 3.05) is 24.7 Å². The van der Waals surface area contributed by atoms with Gasteiger partial charge in [-0.05, 0) is 25.0 Å². The molecule has 0 saturated heterocycles. The molecule has 20 heteroatoms. The largest absolute Gasteiger partial charge is 0.492 e. The lowest BCUT2D eigenvalue weighted by atomic mass is 10.2. The number of nitrogens with two attached hydrogens (primary N) is 1. The van der Waals surface area contributed by atoms with Crippen LogP contribution in [0.3, 0.4) is 0 Å². The number of rotatable bonds is 13. The molecule has 3 atom stereocenters. The smallest absolute Gasteiger partial charge is 0.398 e. The number of nitrogens with zero attached hydrogens (tertiary/aromatic N) is 4. The number of anilines is 1. The van der Waals surface area contributed by atoms with Crippen molar-refractivity contribution in [1.82, 2.24) is 19.5 Å². The van der Waals surface area contributed by atoms with Gasteiger partial charge in [0.25, 0.3) is 0 Å². The molecule has 1 aromatic carbocycles. The van der Waals surface area contributed by atoms with Crippen LogP contribution in [0.4, 0.5) is 32.3 Å². The Morgan fingerprint density at radius 2 is 1.58 bits per heavy atom. The van der Waals surface area contributed by atoms with Gasteiger partial charge in [-0.25, -0.2) is 9.97 Å². The first kappa shape index (κ1) is 35.1. The number of halogens is 6. The first-order valence-electron chi connectivity index (χ1n) is 12.5. The number of fused-ring (bicyclic) bond motifs is 1. The Labute approximate surface area is 246 Å². The lowest BCUT2D eigenvalue weighted by Crippen LogP contribution is -2.30. The van der Waals surface area contributed by atoms with Crippen LogP contribution in [0.2, 0.25) is 0 Å². The van der Waals surface area contributed by atoms with Gasteiger partial charge in [-0.1, -0.05) is 37.7 Å². The lowest BCUT2D eigenvalue weighted by Gasteiger charge is -2.30. The van der Waals surface area contributed by atoms with Gasteiger partial charge in [-0.3, -0.25) is 9.13 Å². The van der Waals surface area contributed by atoms with Gasteiger partial charge in [-0.15, -0.1) is 0 Å². The molecule has 0 aliphatic rings. The maximum Gasteiger partial charge on any atom is 0.398 e. The second kappa shape index (κ2) is 13.3. The third kappa shape index (κ3) is 10.1. The van der Waals surface area contributed by atoms with E-state index >= 15 is 0 Å². The van der Waals surface area contributed by atoms with Crippen molar-refractivity contribution in [1.29, 1.82) is 0 Å². The second-order valence-electron chi connectivity index (χ2n) is 10.0. The summed E-state index contributed by atoms with van der Waals surface area (Å²) < 4.78 is 115. The standard InChI is InChI=1S/C23H29F6N5O6P2S/c1-13(2)9-39-15-6-4-5-7-16(15)43-19-17-18(32-20(30)33-19)34(12-31-17)8-14(3)40-21(41(35,36)10-22(24,25)26)42(37,38)11-23(27,28)29/h4-7,12-14,21H,8-11H2,1-3H3,(H,35,36)(H,37,38)(H2,30,32,33). The molecule has 0 bridgehead atoms. The van der Waals surface area contributed by atoms with E-state index in [1.54, 1.807) is 24.3 Å². The Kier molecular flexibility index (Phi) is 10.9. The zero-order valence-corrected chi connectivity index (χ0v) is 25.5. The molecule has 2 aromatic heterocycles. The topological polar surface area (TPSA) is 163 Å². The predicted octanol–water partition coefficient (Wildman–Crippen LogP) is 5.95. The quantitative estimate of drug-likeness (QED) is 0.111. The Morgan fingerprint density at radius 3 is 2.14 bits per heavy atom. The van der Waals surface area contributed by atoms with Crippen molar-refractivity contribution < 1.29 is 54.7 Å². The third-order valence-electron chi connectivity index (χ3n) is 5.39. The molecule has 0 amide bonds. The number of hydrogen-bond acceptors (Lipinski definition) is 9. The van der Waals surface area contributed by atoms with E-state index in [2.05, 4.69) is 15.0 Å². The molecule has 3 rings (SSSR count). The fraction of sp³-hybridized carbons (Fsp3) is 0.522. The summed E-state index contributed by atoms with van der Waals surface area (Å²) in [6.07, 6.45) is -16.0. The van der Waals surface area contributed by atoms with Crippen LogP contribution in [-0.2, 0) is 20.4 Å². The highest BCUT2D eigenvalue weighted by Gasteiger charge is 2.55. The summed E-state index contributed by atoms with van der Waals surface area (Å²) in [6, 6.07) is 7.10. The molecule has 0 radical (unpaired) electrons. The van der Waals surface area contributed by atoms with Crippen LogP contribution < -0.4 is 10.5 Å². The SMILES string of the molecule is CC(C)COc1ccccc1Sc1nc(N)nc2c1ncn2CC(C)OC(P(=O)(O)CC(F)(F)F)P(=O)(O)CC(F)(F)F. The maximum absolute atomic E-state index is 13.0. The average molecular weight is 680 g/mol. The Hall–Kier alpha value is -2.36. The molecule has 3 unspecified atom stereocenters. The van der Waals surface area contributed by atoms with Crippen molar-refractivity contribution in [2.45, 2.75) is 61.3 Å². The van der Waals surface area contributed by atoms with E-state index in [1.165, 1.54) is 10.9 Å². The average Bonchev–Trinajstić information content (AvgIpc) is 3.21. The first-order chi connectivity index (χ1) is 19.7. The summed E-state index contributed by atoms with van der Waals surface area (Å²) in [5.41, 5.74) is 3.04. The molecular weight excluding hydrogens is 650 g/mol. The zero-order valence-electron chi connectivity index (χ0n) is 22.9. The minimum Gasteiger partial charge on any atom is -0.492 e. The molecule has 240 valence electrons. The predicted molar refractivity (Wildman–Crippen MR) is 146 cm³/mol. The van der Waals surface area contributed by atoms with Crippen molar-refractivity contribution >= 4 is 43.6 Å². The van der Waals surface area contributed by atoms with Gasteiger partial charge >= 0.3 is 12.4 Å². The van der Waals surface area contributed by atoms with Crippen molar-refractivity contribution in [3.05, 3.63) is 30.6 Å². The van der Waals surface area contributed by atoms with Crippen molar-refractivity contribution in [3.8, 4) is 5.75 Å². The monoisotopic (exact) mass is 679 g/mol. The molecule has 0 aliphatic heterocycles. The fourth-order valence-corrected chi connectivity index (χ4v) is 9.67. The molecule has 11 nitrogen and oxygen atoms in total. The molecule has 43 heavy (non-hydrogen) atoms. The maximum atomic E-state index is 13.0. The van der Waals surface area contributed by atoms with Crippen LogP contribution >= 0.6 is 26.5 Å². The normalized spacial score (nSPS) is 17.0. The van der Waals surface area contributed by atoms with Crippen LogP contribution in [0, 0.1) is 5.92 Å². The summed E-state index contributed by atoms with van der Waals surface area (Å²) in [5, 5.41) is 0.295. The van der Waals surface area contributed by atoms with Crippen LogP contribution in [0.25, 0.3) is 11.2 Å². The Bertz CT molecular complexity index is 1490. The van der Waals surface area contributed by atoms with E-state index in [9.17, 15) is 45.3 Å². The molecular formula is C23H29F6N5O6P2S. The minimum absolute atomic E-state index is 0.0903. The highest BCUT2D eigenvalue weighted by atomic mass is 32.2. The van der Waals surface area contributed by atoms with Crippen molar-refractivity contribution in [3.63, 3.8) is 0 Å². The number of hydrogen-bond donors (Lipinski definition) is 3. The number of imidazole rings is 1. The molecule has 0 saturated carbocycles. The lowest BCUT2D eigenvalue weighted by molar-refractivity contribution is -0.109. The van der Waals surface area contributed by atoms with Gasteiger partial charge in [0.2, 0.25) is 26.3 Å². The van der Waals surface area contributed by atoms with E-state index in [1.807, 2.05) is 13.8 Å². The van der Waals surface area contributed by atoms with Gasteiger partial charge < -0.3 is 29.6 Å². The number of alkyl halides is 6. The van der Waals surface area contributed by atoms with E-state index < -0.39 is 57.6 Å². The van der Waals surface area contributed by atoms with Gasteiger partial charge in [0.1, 0.15) is 28.6 Å². The summed E-state index contributed by atoms with van der Waals surface area (Å²) in [4.78, 5) is 33.3. The highest BCUT2D eigenvalue weighted by molar-refractivity contribution is 7.99. The second-order valence-corrected chi connectivity index (χ2v) is 16.1. The number of para-hydroxylation sites is 1. The summed E-state index contributed by atoms with van der Waals surface area (Å²) in [5.74, 6) is 0.623.